The molecule has 1 amide bonds. The van der Waals surface area contributed by atoms with Crippen LogP contribution in [0.5, 0.6) is 0 Å². The van der Waals surface area contributed by atoms with Gasteiger partial charge in [-0.1, -0.05) is 68.5 Å². The predicted octanol–water partition coefficient (Wildman–Crippen LogP) is 6.33. The minimum Gasteiger partial charge on any atom is -0.344 e. The standard InChI is InChI=1S/C31H32F2N4O3S2/c1-20(2)28-27-26(18-37(28)17-21-9-11-23(12-10-21)29(32)33)41-31(36-27)30(38)35-15-24-13-14-25(16-34-24)42(39,40)19-22-7-5-3-4-6-8-22/h3,5-14,16,20,28-29H,4,15,17-19H2,1-2H3,(H,35,38)/t28-/m0/s1. The van der Waals surface area contributed by atoms with Gasteiger partial charge in [0.05, 0.1) is 34.6 Å². The van der Waals surface area contributed by atoms with Crippen molar-refractivity contribution in [3.63, 3.8) is 0 Å². The fourth-order valence-corrected chi connectivity index (χ4v) is 7.45. The first kappa shape index (κ1) is 29.9. The number of benzene rings is 1. The number of rotatable bonds is 10. The van der Waals surface area contributed by atoms with E-state index in [2.05, 4.69) is 29.0 Å². The maximum Gasteiger partial charge on any atom is 0.280 e. The number of alkyl halides is 2. The summed E-state index contributed by atoms with van der Waals surface area (Å²) in [5.74, 6) is -0.195. The third-order valence-electron chi connectivity index (χ3n) is 7.18. The first-order valence-electron chi connectivity index (χ1n) is 13.7. The predicted molar refractivity (Wildman–Crippen MR) is 159 cm³/mol. The van der Waals surface area contributed by atoms with Crippen molar-refractivity contribution in [2.24, 2.45) is 5.92 Å². The summed E-state index contributed by atoms with van der Waals surface area (Å²) in [5, 5.41) is 3.21. The van der Waals surface area contributed by atoms with Gasteiger partial charge >= 0.3 is 0 Å². The van der Waals surface area contributed by atoms with Crippen LogP contribution in [0, 0.1) is 5.92 Å². The summed E-state index contributed by atoms with van der Waals surface area (Å²) >= 11 is 1.35. The molecular formula is C31H32F2N4O3S2. The monoisotopic (exact) mass is 610 g/mol. The number of aromatic nitrogens is 2. The van der Waals surface area contributed by atoms with Crippen LogP contribution in [0.1, 0.15) is 69.9 Å². The zero-order chi connectivity index (χ0) is 29.9. The van der Waals surface area contributed by atoms with Gasteiger partial charge in [0.2, 0.25) is 0 Å². The average Bonchev–Trinajstić information content (AvgIpc) is 3.40. The van der Waals surface area contributed by atoms with Gasteiger partial charge in [0, 0.05) is 29.7 Å². The number of halogens is 2. The number of allylic oxidation sites excluding steroid dienone is 5. The van der Waals surface area contributed by atoms with Crippen molar-refractivity contribution in [3.8, 4) is 0 Å². The van der Waals surface area contributed by atoms with Crippen LogP contribution in [0.25, 0.3) is 0 Å². The summed E-state index contributed by atoms with van der Waals surface area (Å²) in [4.78, 5) is 25.3. The zero-order valence-electron chi connectivity index (χ0n) is 23.3. The molecule has 11 heteroatoms. The second kappa shape index (κ2) is 12.8. The molecule has 0 fully saturated rings. The molecule has 2 aromatic heterocycles. The molecule has 220 valence electrons. The number of fused-ring (bicyclic) bond motifs is 1. The van der Waals surface area contributed by atoms with Crippen molar-refractivity contribution >= 4 is 27.1 Å². The summed E-state index contributed by atoms with van der Waals surface area (Å²) in [5.41, 5.74) is 3.08. The quantitative estimate of drug-likeness (QED) is 0.288. The smallest absolute Gasteiger partial charge is 0.280 e. The summed E-state index contributed by atoms with van der Waals surface area (Å²) in [7, 11) is -3.55. The Labute approximate surface area is 248 Å². The zero-order valence-corrected chi connectivity index (χ0v) is 25.0. The molecule has 0 saturated carbocycles. The first-order valence-corrected chi connectivity index (χ1v) is 16.2. The number of pyridine rings is 1. The number of sulfone groups is 1. The molecule has 3 aromatic rings. The molecule has 1 aliphatic carbocycles. The Kier molecular flexibility index (Phi) is 9.10. The van der Waals surface area contributed by atoms with Crippen LogP contribution in [0.15, 0.2) is 83.4 Å². The summed E-state index contributed by atoms with van der Waals surface area (Å²) in [6.45, 7) is 5.56. The molecule has 42 heavy (non-hydrogen) atoms. The molecule has 0 radical (unpaired) electrons. The molecule has 1 aromatic carbocycles. The number of nitrogens with one attached hydrogen (secondary N) is 1. The summed E-state index contributed by atoms with van der Waals surface area (Å²) in [6.07, 6.45) is 8.95. The lowest BCUT2D eigenvalue weighted by Gasteiger charge is -2.27. The topological polar surface area (TPSA) is 92.3 Å². The van der Waals surface area contributed by atoms with Crippen molar-refractivity contribution in [2.45, 2.75) is 57.3 Å². The Morgan fingerprint density at radius 1 is 1.14 bits per heavy atom. The molecule has 0 bridgehead atoms. The number of amides is 1. The Bertz CT molecular complexity index is 1630. The maximum atomic E-state index is 13.0. The number of nitrogens with zero attached hydrogens (tertiary/aromatic N) is 3. The van der Waals surface area contributed by atoms with Crippen LogP contribution in [-0.4, -0.2) is 34.9 Å². The molecule has 0 unspecified atom stereocenters. The van der Waals surface area contributed by atoms with Gasteiger partial charge in [-0.25, -0.2) is 22.2 Å². The molecule has 3 heterocycles. The van der Waals surface area contributed by atoms with Crippen molar-refractivity contribution in [1.82, 2.24) is 20.2 Å². The molecule has 1 N–H and O–H groups in total. The second-order valence-corrected chi connectivity index (χ2v) is 13.8. The number of carbonyl (C=O) groups excluding carboxylic acids is 1. The van der Waals surface area contributed by atoms with Crippen LogP contribution in [0.2, 0.25) is 0 Å². The van der Waals surface area contributed by atoms with Crippen LogP contribution >= 0.6 is 11.3 Å². The highest BCUT2D eigenvalue weighted by Gasteiger charge is 2.36. The van der Waals surface area contributed by atoms with E-state index in [-0.39, 0.29) is 40.6 Å². The van der Waals surface area contributed by atoms with E-state index in [9.17, 15) is 22.0 Å². The van der Waals surface area contributed by atoms with E-state index < -0.39 is 16.3 Å². The van der Waals surface area contributed by atoms with E-state index in [1.807, 2.05) is 24.3 Å². The molecule has 2 aliphatic rings. The molecule has 5 rings (SSSR count). The molecule has 0 saturated heterocycles. The highest BCUT2D eigenvalue weighted by Crippen LogP contribution is 2.41. The summed E-state index contributed by atoms with van der Waals surface area (Å²) < 4.78 is 51.5. The third kappa shape index (κ3) is 6.91. The van der Waals surface area contributed by atoms with E-state index in [1.165, 1.54) is 35.7 Å². The van der Waals surface area contributed by atoms with Crippen LogP contribution in [-0.2, 0) is 29.5 Å². The van der Waals surface area contributed by atoms with Gasteiger partial charge < -0.3 is 5.32 Å². The number of hydrogen-bond donors (Lipinski definition) is 1. The van der Waals surface area contributed by atoms with Gasteiger partial charge in [-0.2, -0.15) is 0 Å². The minimum absolute atomic E-state index is 0.00370. The number of thiazole rings is 1. The Morgan fingerprint density at radius 3 is 2.62 bits per heavy atom. The van der Waals surface area contributed by atoms with Gasteiger partial charge in [0.25, 0.3) is 12.3 Å². The van der Waals surface area contributed by atoms with Gasteiger partial charge in [0.15, 0.2) is 14.8 Å². The van der Waals surface area contributed by atoms with Crippen LogP contribution < -0.4 is 5.32 Å². The van der Waals surface area contributed by atoms with Crippen LogP contribution in [0.3, 0.4) is 0 Å². The van der Waals surface area contributed by atoms with Gasteiger partial charge in [-0.3, -0.25) is 14.7 Å². The highest BCUT2D eigenvalue weighted by molar-refractivity contribution is 7.91. The van der Waals surface area contributed by atoms with Crippen molar-refractivity contribution < 1.29 is 22.0 Å². The van der Waals surface area contributed by atoms with E-state index >= 15 is 0 Å². The van der Waals surface area contributed by atoms with E-state index in [4.69, 9.17) is 4.98 Å². The molecule has 0 spiro atoms. The Morgan fingerprint density at radius 2 is 1.93 bits per heavy atom. The molecule has 1 aliphatic heterocycles. The van der Waals surface area contributed by atoms with E-state index in [0.717, 1.165) is 22.6 Å². The van der Waals surface area contributed by atoms with Crippen molar-refractivity contribution in [2.75, 3.05) is 5.75 Å². The fourth-order valence-electron chi connectivity index (χ4n) is 5.12. The number of carbonyl (C=O) groups is 1. The fraction of sp³-hybridized carbons (Fsp3) is 0.323. The van der Waals surface area contributed by atoms with Gasteiger partial charge in [-0.05, 0) is 35.6 Å². The van der Waals surface area contributed by atoms with E-state index in [0.29, 0.717) is 29.4 Å². The third-order valence-corrected chi connectivity index (χ3v) is 9.91. The largest absolute Gasteiger partial charge is 0.344 e. The van der Waals surface area contributed by atoms with Crippen molar-refractivity contribution in [1.29, 1.82) is 0 Å². The lowest BCUT2D eigenvalue weighted by atomic mass is 10.0. The average molecular weight is 611 g/mol. The lowest BCUT2D eigenvalue weighted by Crippen LogP contribution is -2.27. The second-order valence-electron chi connectivity index (χ2n) is 10.7. The molecule has 1 atom stereocenters. The maximum absolute atomic E-state index is 13.0. The lowest BCUT2D eigenvalue weighted by molar-refractivity contribution is 0.0948. The SMILES string of the molecule is CC(C)[C@H]1c2nc(C(=O)NCc3ccc(S(=O)(=O)CC4=CC=CCC=C4)cn3)sc2CN1Cc1ccc(C(F)F)cc1. The molecular weight excluding hydrogens is 578 g/mol. The van der Waals surface area contributed by atoms with Crippen molar-refractivity contribution in [3.05, 3.63) is 111 Å². The Hall–Kier alpha value is -3.54. The normalized spacial score (nSPS) is 17.0. The van der Waals surface area contributed by atoms with Gasteiger partial charge in [-0.15, -0.1) is 11.3 Å². The number of hydrogen-bond acceptors (Lipinski definition) is 7. The minimum atomic E-state index is -3.55. The Balaban J connectivity index is 1.20. The highest BCUT2D eigenvalue weighted by atomic mass is 32.2. The van der Waals surface area contributed by atoms with E-state index in [1.54, 1.807) is 24.3 Å². The van der Waals surface area contributed by atoms with Crippen LogP contribution in [0.4, 0.5) is 8.78 Å². The van der Waals surface area contributed by atoms with Gasteiger partial charge in [0.1, 0.15) is 0 Å². The molecule has 7 nitrogen and oxygen atoms in total. The first-order chi connectivity index (χ1) is 20.1. The summed E-state index contributed by atoms with van der Waals surface area (Å²) in [6, 6.07) is 9.52.